The molecule has 0 N–H and O–H groups in total. The highest BCUT2D eigenvalue weighted by Crippen LogP contribution is 2.57. The van der Waals surface area contributed by atoms with Crippen LogP contribution in [-0.4, -0.2) is 21.2 Å². The zero-order valence-electron chi connectivity index (χ0n) is 54.3. The quantitative estimate of drug-likeness (QED) is 0.149. The van der Waals surface area contributed by atoms with Gasteiger partial charge in [-0.3, -0.25) is 9.97 Å². The molecule has 418 valence electrons. The van der Waals surface area contributed by atoms with Crippen molar-refractivity contribution in [3.05, 3.63) is 253 Å². The Morgan fingerprint density at radius 1 is 0.384 bits per heavy atom. The van der Waals surface area contributed by atoms with Crippen molar-refractivity contribution in [1.82, 2.24) is 14.5 Å². The number of pyridine rings is 2. The van der Waals surface area contributed by atoms with Crippen LogP contribution in [-0.2, 0) is 21.7 Å². The van der Waals surface area contributed by atoms with E-state index in [-0.39, 0.29) is 52.5 Å². The van der Waals surface area contributed by atoms with E-state index in [1.54, 1.807) is 0 Å². The molecule has 0 atom stereocenters. The number of para-hydroxylation sites is 2. The summed E-state index contributed by atoms with van der Waals surface area (Å²) in [6, 6.07) is 65.3. The van der Waals surface area contributed by atoms with Gasteiger partial charge in [-0.25, -0.2) is 0 Å². The maximum atomic E-state index is 9.98. The Kier molecular flexibility index (Phi) is 10.7. The molecule has 2 aliphatic carbocycles. The first kappa shape index (κ1) is 48.0. The summed E-state index contributed by atoms with van der Waals surface area (Å²) in [7, 11) is 0. The van der Waals surface area contributed by atoms with Gasteiger partial charge in [-0.15, -0.1) is 0 Å². The summed E-state index contributed by atoms with van der Waals surface area (Å²) in [5.74, 6) is 0. The normalized spacial score (nSPS) is 17.1. The highest BCUT2D eigenvalue weighted by Gasteiger charge is 2.50. The molecule has 3 aromatic heterocycles. The zero-order valence-corrected chi connectivity index (χ0v) is 50.3. The first-order valence-corrected chi connectivity index (χ1v) is 30.7. The van der Waals surface area contributed by atoms with E-state index >= 15 is 0 Å². The van der Waals surface area contributed by atoms with Gasteiger partial charge in [0.2, 0.25) is 0 Å². The van der Waals surface area contributed by atoms with Gasteiger partial charge in [0.05, 0.1) is 33.6 Å². The third-order valence-electron chi connectivity index (χ3n) is 20.2. The Morgan fingerprint density at radius 2 is 0.744 bits per heavy atom. The lowest BCUT2D eigenvalue weighted by molar-refractivity contribution is 0.332. The first-order chi connectivity index (χ1) is 43.3. The lowest BCUT2D eigenvalue weighted by atomic mass is 9.32. The molecule has 0 fully saturated rings. The monoisotopic (exact) mass is 1120 g/mol. The van der Waals surface area contributed by atoms with Crippen LogP contribution >= 0.6 is 0 Å². The number of nitrogens with zero attached hydrogens (tertiary/aromatic N) is 5. The summed E-state index contributed by atoms with van der Waals surface area (Å²) >= 11 is 0. The molecule has 2 aliphatic heterocycles. The number of anilines is 6. The van der Waals surface area contributed by atoms with E-state index in [1.165, 1.54) is 33.2 Å². The maximum Gasteiger partial charge on any atom is 0.252 e. The number of rotatable bonds is 7. The standard InChI is InChI=1S/C80H70BN5/c1-77(2)37-39-79(5,6)64-45-70-66(43-62(64)77)81-67-44-63-65(80(7,8)40-38-78(63,3)4)46-71(67)86(76-60(53-29-17-11-18-30-53)49-83-50-61(76)54-31-19-12-20-32-54)73-42-55(84-68-35-23-21-33-56(68)57-34-22-24-36-69(57)84)41-72(74(73)81)85(70)75-58(51-25-13-9-14-26-51)47-82-48-59(75)52-27-15-10-16-28-52/h9-36,41-50H,37-40H2,1-8H3/i21D,23D,33D,35D. The summed E-state index contributed by atoms with van der Waals surface area (Å²) in [4.78, 5) is 15.5. The molecular weight excluding hydrogens is 1040 g/mol. The molecule has 16 rings (SSSR count). The van der Waals surface area contributed by atoms with E-state index in [1.807, 2.05) is 43.0 Å². The third kappa shape index (κ3) is 7.91. The fourth-order valence-corrected chi connectivity index (χ4v) is 15.4. The van der Waals surface area contributed by atoms with Gasteiger partial charge in [0.25, 0.3) is 6.71 Å². The maximum absolute atomic E-state index is 9.98. The molecule has 0 saturated carbocycles. The predicted octanol–water partition coefficient (Wildman–Crippen LogP) is 19.0. The largest absolute Gasteiger partial charge is 0.310 e. The van der Waals surface area contributed by atoms with Crippen LogP contribution in [0.15, 0.2) is 231 Å². The zero-order chi connectivity index (χ0) is 61.9. The van der Waals surface area contributed by atoms with Gasteiger partial charge in [-0.2, -0.15) is 0 Å². The van der Waals surface area contributed by atoms with E-state index in [4.69, 9.17) is 11.3 Å². The highest BCUT2D eigenvalue weighted by molar-refractivity contribution is 7.00. The Hall–Kier alpha value is -9.26. The van der Waals surface area contributed by atoms with E-state index in [0.717, 1.165) is 126 Å². The van der Waals surface area contributed by atoms with Crippen LogP contribution in [0.2, 0.25) is 0 Å². The molecule has 6 heteroatoms. The molecule has 12 aromatic rings. The molecule has 86 heavy (non-hydrogen) atoms. The Labute approximate surface area is 512 Å². The summed E-state index contributed by atoms with van der Waals surface area (Å²) in [5.41, 5.74) is 24.6. The van der Waals surface area contributed by atoms with Crippen LogP contribution in [0, 0.1) is 0 Å². The predicted molar refractivity (Wildman–Crippen MR) is 363 cm³/mol. The Morgan fingerprint density at radius 3 is 1.15 bits per heavy atom. The second kappa shape index (κ2) is 19.1. The van der Waals surface area contributed by atoms with Crippen molar-refractivity contribution in [2.45, 2.75) is 103 Å². The van der Waals surface area contributed by atoms with Crippen molar-refractivity contribution >= 4 is 79.0 Å². The minimum Gasteiger partial charge on any atom is -0.310 e. The van der Waals surface area contributed by atoms with E-state index in [2.05, 4.69) is 234 Å². The molecule has 0 saturated heterocycles. The van der Waals surface area contributed by atoms with Gasteiger partial charge < -0.3 is 14.4 Å². The van der Waals surface area contributed by atoms with Crippen LogP contribution in [0.25, 0.3) is 72.0 Å². The number of aromatic nitrogens is 3. The van der Waals surface area contributed by atoms with Crippen LogP contribution in [0.1, 0.15) is 109 Å². The van der Waals surface area contributed by atoms with Crippen LogP contribution in [0.3, 0.4) is 0 Å². The Balaban J connectivity index is 1.17. The van der Waals surface area contributed by atoms with Gasteiger partial charge in [-0.05, 0) is 145 Å². The van der Waals surface area contributed by atoms with E-state index in [0.29, 0.717) is 10.9 Å². The minimum atomic E-state index is -0.293. The molecule has 0 spiro atoms. The number of benzene rings is 9. The summed E-state index contributed by atoms with van der Waals surface area (Å²) in [6.45, 7) is 19.2. The average Bonchev–Trinajstić information content (AvgIpc) is 0.736. The van der Waals surface area contributed by atoms with Gasteiger partial charge in [0, 0.05) is 80.6 Å². The Bertz CT molecular complexity index is 4610. The van der Waals surface area contributed by atoms with Crippen molar-refractivity contribution in [2.75, 3.05) is 9.80 Å². The summed E-state index contributed by atoms with van der Waals surface area (Å²) in [5, 5.41) is 1.23. The van der Waals surface area contributed by atoms with Gasteiger partial charge in [0.15, 0.2) is 0 Å². The van der Waals surface area contributed by atoms with Gasteiger partial charge in [-0.1, -0.05) is 225 Å². The molecule has 0 amide bonds. The van der Waals surface area contributed by atoms with Crippen LogP contribution in [0.5, 0.6) is 0 Å². The summed E-state index contributed by atoms with van der Waals surface area (Å²) < 4.78 is 40.3. The van der Waals surface area contributed by atoms with E-state index < -0.39 is 0 Å². The fraction of sp³-hybridized carbons (Fsp3) is 0.200. The lowest BCUT2D eigenvalue weighted by Gasteiger charge is -2.49. The van der Waals surface area contributed by atoms with Crippen molar-refractivity contribution in [3.8, 4) is 50.2 Å². The highest BCUT2D eigenvalue weighted by atomic mass is 15.2. The average molecular weight is 1120 g/mol. The second-order valence-corrected chi connectivity index (χ2v) is 27.2. The van der Waals surface area contributed by atoms with Gasteiger partial charge >= 0.3 is 0 Å². The topological polar surface area (TPSA) is 37.2 Å². The minimum absolute atomic E-state index is 0.0642. The molecule has 4 aliphatic rings. The van der Waals surface area contributed by atoms with Gasteiger partial charge in [0.1, 0.15) is 0 Å². The molecule has 0 radical (unpaired) electrons. The number of hydrogen-bond donors (Lipinski definition) is 0. The third-order valence-corrected chi connectivity index (χ3v) is 20.2. The van der Waals surface area contributed by atoms with Crippen LogP contribution < -0.4 is 26.2 Å². The summed E-state index contributed by atoms with van der Waals surface area (Å²) in [6.07, 6.45) is 12.3. The van der Waals surface area contributed by atoms with Crippen molar-refractivity contribution in [3.63, 3.8) is 0 Å². The molecule has 5 heterocycles. The lowest BCUT2D eigenvalue weighted by Crippen LogP contribution is -2.62. The number of fused-ring (bicyclic) bond motifs is 9. The second-order valence-electron chi connectivity index (χ2n) is 27.2. The molecule has 5 nitrogen and oxygen atoms in total. The molecule has 9 aromatic carbocycles. The SMILES string of the molecule is [2H]c1c([2H])c([2H])c2c(c1[2H])c1ccccc1n2-c1cc2c3c(c1)N(c1c(-c4ccccc4)cncc1-c1ccccc1)c1cc4c(cc1B3c1cc3c(cc1N2c1c(-c2ccccc2)cncc1-c1ccccc1)C(C)(C)CCC3(C)C)C(C)(C)CCC4(C)C. The van der Waals surface area contributed by atoms with E-state index in [9.17, 15) is 4.11 Å². The fourth-order valence-electron chi connectivity index (χ4n) is 15.4. The molecular formula is C80H70BN5. The first-order valence-electron chi connectivity index (χ1n) is 32.7. The van der Waals surface area contributed by atoms with Crippen molar-refractivity contribution in [2.24, 2.45) is 0 Å². The molecule has 0 unspecified atom stereocenters. The number of hydrogen-bond acceptors (Lipinski definition) is 4. The van der Waals surface area contributed by atoms with Crippen molar-refractivity contribution < 1.29 is 5.48 Å². The van der Waals surface area contributed by atoms with Crippen molar-refractivity contribution in [1.29, 1.82) is 0 Å². The smallest absolute Gasteiger partial charge is 0.252 e. The van der Waals surface area contributed by atoms with Crippen LogP contribution in [0.4, 0.5) is 34.1 Å². The molecule has 0 bridgehead atoms.